The van der Waals surface area contributed by atoms with Crippen LogP contribution < -0.4 is 15.8 Å². The molecule has 1 aromatic carbocycles. The molecular formula is C18H29ClN2O3. The van der Waals surface area contributed by atoms with E-state index in [-0.39, 0.29) is 30.3 Å². The van der Waals surface area contributed by atoms with Crippen LogP contribution in [0, 0.1) is 12.8 Å². The number of nitrogens with one attached hydrogen (secondary N) is 1. The number of aryl methyl sites for hydroxylation is 1. The Balaban J connectivity index is 0.00000288. The molecule has 0 aliphatic carbocycles. The zero-order chi connectivity index (χ0) is 16.7. The van der Waals surface area contributed by atoms with E-state index in [0.717, 1.165) is 30.6 Å². The number of para-hydroxylation sites is 1. The van der Waals surface area contributed by atoms with Gasteiger partial charge >= 0.3 is 0 Å². The summed E-state index contributed by atoms with van der Waals surface area (Å²) < 4.78 is 11.3. The van der Waals surface area contributed by atoms with Crippen molar-refractivity contribution < 1.29 is 14.3 Å². The molecule has 136 valence electrons. The van der Waals surface area contributed by atoms with Crippen molar-refractivity contribution in [2.24, 2.45) is 11.7 Å². The van der Waals surface area contributed by atoms with Crippen LogP contribution in [0.25, 0.3) is 0 Å². The maximum atomic E-state index is 12.2. The molecule has 1 amide bonds. The summed E-state index contributed by atoms with van der Waals surface area (Å²) in [6.07, 6.45) is 2.47. The van der Waals surface area contributed by atoms with Crippen LogP contribution in [-0.4, -0.2) is 37.8 Å². The van der Waals surface area contributed by atoms with Gasteiger partial charge in [-0.25, -0.2) is 0 Å². The molecule has 2 atom stereocenters. The molecule has 1 aromatic rings. The second-order valence-electron chi connectivity index (χ2n) is 6.13. The summed E-state index contributed by atoms with van der Waals surface area (Å²) in [4.78, 5) is 12.2. The number of halogens is 1. The highest BCUT2D eigenvalue weighted by atomic mass is 35.5. The Morgan fingerprint density at radius 3 is 2.67 bits per heavy atom. The van der Waals surface area contributed by atoms with Gasteiger partial charge in [0.15, 0.2) is 0 Å². The normalized spacial score (nSPS) is 17.5. The van der Waals surface area contributed by atoms with Crippen molar-refractivity contribution in [3.05, 3.63) is 29.8 Å². The first kappa shape index (κ1) is 20.7. The molecule has 2 rings (SSSR count). The van der Waals surface area contributed by atoms with Crippen LogP contribution in [0.15, 0.2) is 24.3 Å². The standard InChI is InChI=1S/C18H28N2O3.ClH/c1-3-15(23-16-7-5-4-6-13(16)2)12-20-18(21)17(19)14-8-10-22-11-9-14;/h4-7,14-15,17H,3,8-12,19H2,1-2H3,(H,20,21);1H. The first-order chi connectivity index (χ1) is 11.1. The Morgan fingerprint density at radius 1 is 1.38 bits per heavy atom. The molecule has 1 fully saturated rings. The minimum atomic E-state index is -0.463. The second kappa shape index (κ2) is 10.5. The molecule has 0 bridgehead atoms. The summed E-state index contributed by atoms with van der Waals surface area (Å²) in [6.45, 7) is 5.93. The largest absolute Gasteiger partial charge is 0.488 e. The van der Waals surface area contributed by atoms with Gasteiger partial charge < -0.3 is 20.5 Å². The van der Waals surface area contributed by atoms with Crippen molar-refractivity contribution in [2.45, 2.75) is 45.3 Å². The van der Waals surface area contributed by atoms with Crippen molar-refractivity contribution in [3.63, 3.8) is 0 Å². The molecule has 0 saturated carbocycles. The van der Waals surface area contributed by atoms with E-state index in [1.54, 1.807) is 0 Å². The van der Waals surface area contributed by atoms with Crippen LogP contribution in [0.1, 0.15) is 31.7 Å². The molecule has 0 aromatic heterocycles. The lowest BCUT2D eigenvalue weighted by Gasteiger charge is -2.27. The van der Waals surface area contributed by atoms with Gasteiger partial charge in [0.25, 0.3) is 0 Å². The predicted molar refractivity (Wildman–Crippen MR) is 97.7 cm³/mol. The third-order valence-electron chi connectivity index (χ3n) is 4.42. The number of carbonyl (C=O) groups is 1. The molecule has 1 aliphatic rings. The van der Waals surface area contributed by atoms with E-state index in [9.17, 15) is 4.79 Å². The summed E-state index contributed by atoms with van der Waals surface area (Å²) >= 11 is 0. The molecule has 5 nitrogen and oxygen atoms in total. The minimum Gasteiger partial charge on any atom is -0.488 e. The van der Waals surface area contributed by atoms with Gasteiger partial charge in [-0.05, 0) is 43.7 Å². The fourth-order valence-electron chi connectivity index (χ4n) is 2.76. The average molecular weight is 357 g/mol. The Bertz CT molecular complexity index is 507. The van der Waals surface area contributed by atoms with E-state index in [2.05, 4.69) is 5.32 Å². The quantitative estimate of drug-likeness (QED) is 0.787. The summed E-state index contributed by atoms with van der Waals surface area (Å²) in [5.41, 5.74) is 7.18. The SMILES string of the molecule is CCC(CNC(=O)C(N)C1CCOCC1)Oc1ccccc1C.Cl. The highest BCUT2D eigenvalue weighted by Crippen LogP contribution is 2.19. The van der Waals surface area contributed by atoms with Gasteiger partial charge in [0, 0.05) is 13.2 Å². The van der Waals surface area contributed by atoms with Crippen LogP contribution in [0.4, 0.5) is 0 Å². The molecule has 1 heterocycles. The average Bonchev–Trinajstić information content (AvgIpc) is 2.60. The second-order valence-corrected chi connectivity index (χ2v) is 6.13. The molecule has 6 heteroatoms. The first-order valence-electron chi connectivity index (χ1n) is 8.45. The van der Waals surface area contributed by atoms with Crippen molar-refractivity contribution >= 4 is 18.3 Å². The monoisotopic (exact) mass is 356 g/mol. The van der Waals surface area contributed by atoms with Crippen LogP contribution in [0.5, 0.6) is 5.75 Å². The lowest BCUT2D eigenvalue weighted by molar-refractivity contribution is -0.124. The number of hydrogen-bond acceptors (Lipinski definition) is 4. The van der Waals surface area contributed by atoms with E-state index in [4.69, 9.17) is 15.2 Å². The lowest BCUT2D eigenvalue weighted by Crippen LogP contribution is -2.49. The van der Waals surface area contributed by atoms with Gasteiger partial charge in [0.05, 0.1) is 12.6 Å². The molecule has 2 unspecified atom stereocenters. The third kappa shape index (κ3) is 5.96. The van der Waals surface area contributed by atoms with Crippen molar-refractivity contribution in [3.8, 4) is 5.75 Å². The lowest BCUT2D eigenvalue weighted by atomic mass is 9.92. The summed E-state index contributed by atoms with van der Waals surface area (Å²) in [6, 6.07) is 7.44. The van der Waals surface area contributed by atoms with Gasteiger partial charge in [-0.3, -0.25) is 4.79 Å². The van der Waals surface area contributed by atoms with E-state index in [1.807, 2.05) is 38.1 Å². The van der Waals surface area contributed by atoms with Gasteiger partial charge in [0.1, 0.15) is 11.9 Å². The van der Waals surface area contributed by atoms with Crippen LogP contribution in [-0.2, 0) is 9.53 Å². The smallest absolute Gasteiger partial charge is 0.237 e. The number of carbonyl (C=O) groups excluding carboxylic acids is 1. The van der Waals surface area contributed by atoms with Crippen molar-refractivity contribution in [1.29, 1.82) is 0 Å². The Labute approximate surface area is 150 Å². The fraction of sp³-hybridized carbons (Fsp3) is 0.611. The summed E-state index contributed by atoms with van der Waals surface area (Å²) in [5, 5.41) is 2.94. The van der Waals surface area contributed by atoms with Crippen LogP contribution in [0.2, 0.25) is 0 Å². The first-order valence-corrected chi connectivity index (χ1v) is 8.45. The maximum absolute atomic E-state index is 12.2. The number of hydrogen-bond donors (Lipinski definition) is 2. The van der Waals surface area contributed by atoms with Gasteiger partial charge in [-0.2, -0.15) is 0 Å². The van der Waals surface area contributed by atoms with Crippen molar-refractivity contribution in [2.75, 3.05) is 19.8 Å². The van der Waals surface area contributed by atoms with Crippen molar-refractivity contribution in [1.82, 2.24) is 5.32 Å². The van der Waals surface area contributed by atoms with Gasteiger partial charge in [-0.15, -0.1) is 12.4 Å². The van der Waals surface area contributed by atoms with E-state index in [0.29, 0.717) is 19.8 Å². The van der Waals surface area contributed by atoms with Crippen LogP contribution >= 0.6 is 12.4 Å². The van der Waals surface area contributed by atoms with Crippen LogP contribution in [0.3, 0.4) is 0 Å². The minimum absolute atomic E-state index is 0. The summed E-state index contributed by atoms with van der Waals surface area (Å²) in [7, 11) is 0. The zero-order valence-electron chi connectivity index (χ0n) is 14.5. The number of ether oxygens (including phenoxy) is 2. The molecule has 0 radical (unpaired) electrons. The molecular weight excluding hydrogens is 328 g/mol. The van der Waals surface area contributed by atoms with E-state index >= 15 is 0 Å². The molecule has 1 aliphatic heterocycles. The highest BCUT2D eigenvalue weighted by molar-refractivity contribution is 5.85. The Morgan fingerprint density at radius 2 is 2.04 bits per heavy atom. The van der Waals surface area contributed by atoms with E-state index in [1.165, 1.54) is 0 Å². The zero-order valence-corrected chi connectivity index (χ0v) is 15.3. The Kier molecular flexibility index (Phi) is 9.11. The molecule has 24 heavy (non-hydrogen) atoms. The van der Waals surface area contributed by atoms with Gasteiger partial charge in [0.2, 0.25) is 5.91 Å². The third-order valence-corrected chi connectivity index (χ3v) is 4.42. The maximum Gasteiger partial charge on any atom is 0.237 e. The number of amides is 1. The number of benzene rings is 1. The summed E-state index contributed by atoms with van der Waals surface area (Å²) in [5.74, 6) is 0.979. The van der Waals surface area contributed by atoms with Gasteiger partial charge in [-0.1, -0.05) is 25.1 Å². The molecule has 0 spiro atoms. The molecule has 3 N–H and O–H groups in total. The fourth-order valence-corrected chi connectivity index (χ4v) is 2.76. The topological polar surface area (TPSA) is 73.6 Å². The molecule has 1 saturated heterocycles. The van der Waals surface area contributed by atoms with E-state index < -0.39 is 6.04 Å². The Hall–Kier alpha value is -1.30. The predicted octanol–water partition coefficient (Wildman–Crippen LogP) is 2.44. The number of nitrogens with two attached hydrogens (primary N) is 1. The highest BCUT2D eigenvalue weighted by Gasteiger charge is 2.26. The number of rotatable bonds is 7.